The van der Waals surface area contributed by atoms with Gasteiger partial charge in [-0.1, -0.05) is 24.0 Å². The van der Waals surface area contributed by atoms with Crippen LogP contribution in [0.15, 0.2) is 53.1 Å². The number of thioether (sulfide) groups is 1. The molecule has 208 valence electrons. The maximum Gasteiger partial charge on any atom is 0.251 e. The number of ether oxygens (including phenoxy) is 3. The van der Waals surface area contributed by atoms with Crippen LogP contribution in [0.1, 0.15) is 22.8 Å². The largest absolute Gasteiger partial charge is 0.493 e. The number of amides is 2. The quantitative estimate of drug-likeness (QED) is 0.430. The van der Waals surface area contributed by atoms with Crippen molar-refractivity contribution in [1.29, 1.82) is 0 Å². The minimum atomic E-state index is -1.57. The molecule has 0 bridgehead atoms. The van der Waals surface area contributed by atoms with Crippen molar-refractivity contribution in [2.24, 2.45) is 0 Å². The van der Waals surface area contributed by atoms with Crippen molar-refractivity contribution in [3.8, 4) is 17.2 Å². The average Bonchev–Trinajstić information content (AvgIpc) is 3.68. The van der Waals surface area contributed by atoms with Gasteiger partial charge in [-0.2, -0.15) is 0 Å². The number of furan rings is 1. The highest BCUT2D eigenvalue weighted by atomic mass is 32.2. The van der Waals surface area contributed by atoms with Gasteiger partial charge >= 0.3 is 0 Å². The zero-order chi connectivity index (χ0) is 28.4. The van der Waals surface area contributed by atoms with E-state index in [0.29, 0.717) is 44.1 Å². The zero-order valence-corrected chi connectivity index (χ0v) is 23.8. The molecule has 3 aromatic rings. The average molecular weight is 584 g/mol. The number of likely N-dealkylation sites (tertiary alicyclic amines) is 1. The third kappa shape index (κ3) is 3.39. The highest BCUT2D eigenvalue weighted by Gasteiger charge is 2.77. The van der Waals surface area contributed by atoms with Crippen molar-refractivity contribution in [3.05, 3.63) is 71.4 Å². The number of hydrogen-bond acceptors (Lipinski definition) is 9. The van der Waals surface area contributed by atoms with E-state index in [1.807, 2.05) is 4.90 Å². The van der Waals surface area contributed by atoms with E-state index in [1.165, 1.54) is 50.7 Å². The number of thiocarbonyl (C=S) groups is 1. The van der Waals surface area contributed by atoms with Crippen molar-refractivity contribution in [1.82, 2.24) is 9.80 Å². The predicted molar refractivity (Wildman–Crippen MR) is 150 cm³/mol. The molecule has 2 aromatic carbocycles. The molecule has 3 atom stereocenters. The van der Waals surface area contributed by atoms with Gasteiger partial charge in [0.25, 0.3) is 5.91 Å². The van der Waals surface area contributed by atoms with Crippen LogP contribution in [0.2, 0.25) is 0 Å². The molecule has 0 aliphatic carbocycles. The molecule has 2 fully saturated rings. The van der Waals surface area contributed by atoms with E-state index < -0.39 is 27.9 Å². The number of rotatable bonds is 6. The van der Waals surface area contributed by atoms with E-state index in [4.69, 9.17) is 30.8 Å². The third-order valence-electron chi connectivity index (χ3n) is 8.02. The van der Waals surface area contributed by atoms with Crippen LogP contribution in [0.5, 0.6) is 17.2 Å². The second-order valence-corrected chi connectivity index (χ2v) is 11.7. The Kier molecular flexibility index (Phi) is 6.32. The maximum atomic E-state index is 14.8. The van der Waals surface area contributed by atoms with Gasteiger partial charge in [0.05, 0.1) is 34.1 Å². The Hall–Kier alpha value is -3.61. The number of nitrogens with one attached hydrogen (secondary N) is 1. The standard InChI is InChI=1S/C28H26FN3O6S2/c1-31-14-19(15-10-21(35-2)23(37-4)22(11-15)36-3)28(25(34)32(26(39)40-28)13-17-6-5-9-38-17)27(31)18-12-16(29)7-8-20(18)30-24(27)33/h5-12,19H,13-14H2,1-4H3,(H,30,33)/t19-,27-,28+/m0/s1. The molecule has 12 heteroatoms. The van der Waals surface area contributed by atoms with Gasteiger partial charge in [0, 0.05) is 23.7 Å². The topological polar surface area (TPSA) is 93.5 Å². The van der Waals surface area contributed by atoms with Crippen LogP contribution >= 0.6 is 24.0 Å². The van der Waals surface area contributed by atoms with E-state index >= 15 is 0 Å². The fraction of sp³-hybridized carbons (Fsp3) is 0.321. The molecule has 6 rings (SSSR count). The highest BCUT2D eigenvalue weighted by Crippen LogP contribution is 2.66. The number of likely N-dealkylation sites (N-methyl/N-ethyl adjacent to an activating group) is 1. The Morgan fingerprint density at radius 3 is 2.48 bits per heavy atom. The normalized spacial score (nSPS) is 25.7. The number of methoxy groups -OCH3 is 3. The van der Waals surface area contributed by atoms with Gasteiger partial charge in [-0.05, 0) is 55.1 Å². The molecular weight excluding hydrogens is 557 g/mol. The van der Waals surface area contributed by atoms with Gasteiger partial charge in [0.1, 0.15) is 20.6 Å². The lowest BCUT2D eigenvalue weighted by Crippen LogP contribution is -2.61. The lowest BCUT2D eigenvalue weighted by Gasteiger charge is -2.41. The summed E-state index contributed by atoms with van der Waals surface area (Å²) in [7, 11) is 6.30. The van der Waals surface area contributed by atoms with Gasteiger partial charge < -0.3 is 23.9 Å². The summed E-state index contributed by atoms with van der Waals surface area (Å²) in [6.07, 6.45) is 1.52. The van der Waals surface area contributed by atoms with Crippen LogP contribution in [0.3, 0.4) is 0 Å². The van der Waals surface area contributed by atoms with E-state index in [1.54, 1.807) is 31.3 Å². The minimum absolute atomic E-state index is 0.0960. The molecule has 2 spiro atoms. The van der Waals surface area contributed by atoms with Gasteiger partial charge in [0.2, 0.25) is 11.7 Å². The van der Waals surface area contributed by atoms with Crippen molar-refractivity contribution in [3.63, 3.8) is 0 Å². The first-order chi connectivity index (χ1) is 19.2. The van der Waals surface area contributed by atoms with Crippen LogP contribution in [0.25, 0.3) is 0 Å². The lowest BCUT2D eigenvalue weighted by molar-refractivity contribution is -0.138. The number of carbonyl (C=O) groups is 2. The fourth-order valence-corrected chi connectivity index (χ4v) is 8.52. The molecule has 3 aliphatic rings. The van der Waals surface area contributed by atoms with Crippen LogP contribution in [0.4, 0.5) is 10.1 Å². The summed E-state index contributed by atoms with van der Waals surface area (Å²) in [5, 5.41) is 2.91. The van der Waals surface area contributed by atoms with Crippen LogP contribution in [-0.4, -0.2) is 65.6 Å². The summed E-state index contributed by atoms with van der Waals surface area (Å²) in [4.78, 5) is 32.3. The van der Waals surface area contributed by atoms with Crippen LogP contribution < -0.4 is 19.5 Å². The molecule has 9 nitrogen and oxygen atoms in total. The second kappa shape index (κ2) is 9.50. The van der Waals surface area contributed by atoms with Crippen LogP contribution in [-0.2, 0) is 21.7 Å². The SMILES string of the molecule is COc1cc([C@@H]2CN(C)[C@@]3(C(=O)Nc4ccc(F)cc43)[C@@]23SC(=S)N(Cc2ccco2)C3=O)cc(OC)c1OC. The second-order valence-electron chi connectivity index (χ2n) is 9.82. The van der Waals surface area contributed by atoms with E-state index in [2.05, 4.69) is 5.32 Å². The van der Waals surface area contributed by atoms with Crippen molar-refractivity contribution in [2.45, 2.75) is 22.7 Å². The molecule has 2 saturated heterocycles. The maximum absolute atomic E-state index is 14.8. The highest BCUT2D eigenvalue weighted by molar-refractivity contribution is 8.25. The van der Waals surface area contributed by atoms with E-state index in [0.717, 1.165) is 11.8 Å². The Balaban J connectivity index is 1.61. The number of anilines is 1. The van der Waals surface area contributed by atoms with Crippen molar-refractivity contribution >= 4 is 45.8 Å². The summed E-state index contributed by atoms with van der Waals surface area (Å²) >= 11 is 6.95. The summed E-state index contributed by atoms with van der Waals surface area (Å²) in [6, 6.07) is 11.2. The number of halogens is 1. The summed E-state index contributed by atoms with van der Waals surface area (Å²) < 4.78 is 35.9. The van der Waals surface area contributed by atoms with Gasteiger partial charge in [0.15, 0.2) is 17.0 Å². The van der Waals surface area contributed by atoms with E-state index in [9.17, 15) is 14.0 Å². The first-order valence-corrected chi connectivity index (χ1v) is 13.6. The number of benzene rings is 2. The Labute approximate surface area is 239 Å². The molecule has 1 N–H and O–H groups in total. The number of nitrogens with zero attached hydrogens (tertiary/aromatic N) is 2. The Bertz CT molecular complexity index is 1520. The summed E-state index contributed by atoms with van der Waals surface area (Å²) in [5.74, 6) is -0.145. The molecule has 4 heterocycles. The van der Waals surface area contributed by atoms with Gasteiger partial charge in [-0.25, -0.2) is 4.39 Å². The zero-order valence-electron chi connectivity index (χ0n) is 22.1. The molecule has 40 heavy (non-hydrogen) atoms. The molecule has 1 aromatic heterocycles. The van der Waals surface area contributed by atoms with Crippen molar-refractivity contribution in [2.75, 3.05) is 40.2 Å². The number of carbonyl (C=O) groups excluding carboxylic acids is 2. The fourth-order valence-electron chi connectivity index (χ4n) is 6.39. The monoisotopic (exact) mass is 583 g/mol. The number of hydrogen-bond donors (Lipinski definition) is 1. The van der Waals surface area contributed by atoms with E-state index in [-0.39, 0.29) is 19.0 Å². The molecule has 0 unspecified atom stereocenters. The van der Waals surface area contributed by atoms with Crippen molar-refractivity contribution < 1.29 is 32.6 Å². The smallest absolute Gasteiger partial charge is 0.251 e. The number of fused-ring (bicyclic) bond motifs is 3. The molecule has 2 amide bonds. The molecular formula is C28H26FN3O6S2. The molecule has 0 saturated carbocycles. The summed E-state index contributed by atoms with van der Waals surface area (Å²) in [5.41, 5.74) is -0.0519. The predicted octanol–water partition coefficient (Wildman–Crippen LogP) is 4.12. The first-order valence-electron chi connectivity index (χ1n) is 12.4. The Morgan fingerprint density at radius 2 is 1.85 bits per heavy atom. The minimum Gasteiger partial charge on any atom is -0.493 e. The molecule has 3 aliphatic heterocycles. The van der Waals surface area contributed by atoms with Gasteiger partial charge in [-0.15, -0.1) is 0 Å². The van der Waals surface area contributed by atoms with Crippen LogP contribution in [0, 0.1) is 5.82 Å². The summed E-state index contributed by atoms with van der Waals surface area (Å²) in [6.45, 7) is 0.372. The van der Waals surface area contributed by atoms with Gasteiger partial charge in [-0.3, -0.25) is 19.4 Å². The third-order valence-corrected chi connectivity index (χ3v) is 9.96. The molecule has 0 radical (unpaired) electrons. The Morgan fingerprint density at radius 1 is 1.12 bits per heavy atom. The lowest BCUT2D eigenvalue weighted by atomic mass is 9.72. The first kappa shape index (κ1) is 26.6.